The van der Waals surface area contributed by atoms with Gasteiger partial charge in [-0.3, -0.25) is 9.36 Å². The Morgan fingerprint density at radius 1 is 1.11 bits per heavy atom. The highest BCUT2D eigenvalue weighted by Gasteiger charge is 2.31. The molecule has 0 aliphatic heterocycles. The Hall–Kier alpha value is -3.91. The Morgan fingerprint density at radius 3 is 2.61 bits per heavy atom. The molecule has 0 amide bonds. The number of rotatable bonds is 7. The average Bonchev–Trinajstić information content (AvgIpc) is 3.46. The minimum absolute atomic E-state index is 0.00464. The van der Waals surface area contributed by atoms with Crippen molar-refractivity contribution in [2.45, 2.75) is 35.9 Å². The van der Waals surface area contributed by atoms with Crippen LogP contribution < -0.4 is 0 Å². The molecule has 3 aromatic heterocycles. The van der Waals surface area contributed by atoms with Crippen LogP contribution >= 0.6 is 11.8 Å². The highest BCUT2D eigenvalue weighted by Crippen LogP contribution is 2.35. The van der Waals surface area contributed by atoms with E-state index in [9.17, 15) is 22.4 Å². The summed E-state index contributed by atoms with van der Waals surface area (Å²) in [7, 11) is 3.82. The first kappa shape index (κ1) is 25.7. The number of hydrogen-bond donors (Lipinski definition) is 0. The molecule has 196 valence electrons. The zero-order valence-electron chi connectivity index (χ0n) is 20.3. The van der Waals surface area contributed by atoms with Gasteiger partial charge in [0.2, 0.25) is 5.16 Å². The Bertz CT molecular complexity index is 1660. The minimum atomic E-state index is -4.57. The lowest BCUT2D eigenvalue weighted by Crippen LogP contribution is -2.29. The van der Waals surface area contributed by atoms with Crippen molar-refractivity contribution in [3.8, 4) is 5.82 Å². The van der Waals surface area contributed by atoms with E-state index in [-0.39, 0.29) is 33.5 Å². The molecule has 14 heteroatoms. The molecule has 5 rings (SSSR count). The molecule has 2 aromatic carbocycles. The third-order valence-corrected chi connectivity index (χ3v) is 7.04. The third-order valence-electron chi connectivity index (χ3n) is 6.10. The Morgan fingerprint density at radius 2 is 1.89 bits per heavy atom. The Balaban J connectivity index is 1.71. The summed E-state index contributed by atoms with van der Waals surface area (Å²) < 4.78 is 57.5. The van der Waals surface area contributed by atoms with Crippen LogP contribution in [0.3, 0.4) is 0 Å². The van der Waals surface area contributed by atoms with Crippen LogP contribution in [0.1, 0.15) is 22.8 Å². The Labute approximate surface area is 217 Å². The fourth-order valence-electron chi connectivity index (χ4n) is 3.81. The molecule has 0 radical (unpaired) electrons. The maximum atomic E-state index is 14.2. The lowest BCUT2D eigenvalue weighted by molar-refractivity contribution is -0.137. The molecule has 3 heterocycles. The van der Waals surface area contributed by atoms with Crippen LogP contribution in [0.15, 0.2) is 52.8 Å². The fraction of sp³-hybridized carbons (Fsp3) is 0.250. The number of fused-ring (bicyclic) bond motifs is 2. The highest BCUT2D eigenvalue weighted by atomic mass is 32.2. The highest BCUT2D eigenvalue weighted by molar-refractivity contribution is 7.99. The number of carbonyl (C=O) groups excluding carboxylic acids is 1. The summed E-state index contributed by atoms with van der Waals surface area (Å²) >= 11 is 1.00. The predicted octanol–water partition coefficient (Wildman–Crippen LogP) is 4.63. The summed E-state index contributed by atoms with van der Waals surface area (Å²) in [5, 5.41) is 12.8. The molecule has 5 aromatic rings. The molecule has 1 atom stereocenters. The molecule has 0 N–H and O–H groups in total. The van der Waals surface area contributed by atoms with Gasteiger partial charge in [0.05, 0.1) is 28.7 Å². The molecular weight excluding hydrogens is 524 g/mol. The number of carbonyl (C=O) groups is 1. The predicted molar refractivity (Wildman–Crippen MR) is 132 cm³/mol. The van der Waals surface area contributed by atoms with Gasteiger partial charge in [0, 0.05) is 23.2 Å². The lowest BCUT2D eigenvalue weighted by Gasteiger charge is -2.19. The van der Waals surface area contributed by atoms with Crippen molar-refractivity contribution in [2.75, 3.05) is 14.1 Å². The van der Waals surface area contributed by atoms with Crippen LogP contribution in [0.4, 0.5) is 17.6 Å². The van der Waals surface area contributed by atoms with Gasteiger partial charge in [-0.1, -0.05) is 0 Å². The van der Waals surface area contributed by atoms with Gasteiger partial charge in [-0.05, 0) is 79.6 Å². The SMILES string of the molecule is CC(Cn1nnnc1Sc1nc2cc(C(F)(F)F)ccc2nc1-n1cc(C=O)c2ccc(F)cc21)N(C)C. The molecule has 0 aliphatic rings. The second-order valence-corrected chi connectivity index (χ2v) is 9.80. The van der Waals surface area contributed by atoms with Crippen LogP contribution in [0.5, 0.6) is 0 Å². The monoisotopic (exact) mass is 544 g/mol. The second-order valence-electron chi connectivity index (χ2n) is 8.85. The number of halogens is 4. The number of nitrogens with zero attached hydrogens (tertiary/aromatic N) is 8. The van der Waals surface area contributed by atoms with Gasteiger partial charge in [-0.15, -0.1) is 5.10 Å². The Kier molecular flexibility index (Phi) is 6.61. The van der Waals surface area contributed by atoms with E-state index in [1.165, 1.54) is 35.0 Å². The van der Waals surface area contributed by atoms with Gasteiger partial charge in [-0.25, -0.2) is 19.0 Å². The van der Waals surface area contributed by atoms with Crippen molar-refractivity contribution < 1.29 is 22.4 Å². The van der Waals surface area contributed by atoms with Crippen molar-refractivity contribution in [2.24, 2.45) is 0 Å². The topological polar surface area (TPSA) is 94.6 Å². The fourth-order valence-corrected chi connectivity index (χ4v) is 4.66. The molecule has 0 spiro atoms. The number of aldehydes is 1. The molecule has 0 fully saturated rings. The van der Waals surface area contributed by atoms with Crippen LogP contribution in [0.25, 0.3) is 27.8 Å². The van der Waals surface area contributed by atoms with E-state index in [2.05, 4.69) is 25.5 Å². The number of likely N-dealkylation sites (N-methyl/N-ethyl adjacent to an activating group) is 1. The summed E-state index contributed by atoms with van der Waals surface area (Å²) in [5.74, 6) is -0.352. The number of hydrogen-bond acceptors (Lipinski definition) is 8. The van der Waals surface area contributed by atoms with Gasteiger partial charge < -0.3 is 4.90 Å². The average molecular weight is 545 g/mol. The molecule has 0 saturated carbocycles. The first-order valence-electron chi connectivity index (χ1n) is 11.3. The van der Waals surface area contributed by atoms with E-state index in [4.69, 9.17) is 0 Å². The van der Waals surface area contributed by atoms with Crippen molar-refractivity contribution in [3.05, 3.63) is 59.5 Å². The van der Waals surface area contributed by atoms with Gasteiger partial charge >= 0.3 is 6.18 Å². The van der Waals surface area contributed by atoms with Crippen molar-refractivity contribution in [1.82, 2.24) is 39.6 Å². The van der Waals surface area contributed by atoms with E-state index < -0.39 is 17.6 Å². The van der Waals surface area contributed by atoms with Crippen molar-refractivity contribution in [1.29, 1.82) is 0 Å². The van der Waals surface area contributed by atoms with Crippen LogP contribution in [0, 0.1) is 5.82 Å². The van der Waals surface area contributed by atoms with Gasteiger partial charge in [-0.2, -0.15) is 13.2 Å². The van der Waals surface area contributed by atoms with Crippen LogP contribution in [0.2, 0.25) is 0 Å². The van der Waals surface area contributed by atoms with Gasteiger partial charge in [0.1, 0.15) is 10.8 Å². The summed E-state index contributed by atoms with van der Waals surface area (Å²) in [5.41, 5.74) is -0.0521. The van der Waals surface area contributed by atoms with E-state index in [0.717, 1.165) is 23.9 Å². The summed E-state index contributed by atoms with van der Waals surface area (Å²) in [6, 6.07) is 7.08. The molecule has 0 aliphatic carbocycles. The molecule has 9 nitrogen and oxygen atoms in total. The quantitative estimate of drug-likeness (QED) is 0.216. The second kappa shape index (κ2) is 9.76. The number of benzene rings is 2. The van der Waals surface area contributed by atoms with E-state index >= 15 is 0 Å². The standard InChI is InChI=1S/C24H20F4N8OS/c1-13(34(2)3)10-36-23(31-32-33-36)38-22-21(29-18-7-4-15(24(26,27)28)8-19(18)30-22)35-11-14(12-37)17-6-5-16(25)9-20(17)35/h4-9,11-13H,10H2,1-3H3. The van der Waals surface area contributed by atoms with Gasteiger partial charge in [0.15, 0.2) is 12.1 Å². The largest absolute Gasteiger partial charge is 0.416 e. The summed E-state index contributed by atoms with van der Waals surface area (Å²) in [4.78, 5) is 22.8. The van der Waals surface area contributed by atoms with Crippen molar-refractivity contribution in [3.63, 3.8) is 0 Å². The molecular formula is C24H20F4N8OS. The zero-order chi connectivity index (χ0) is 27.2. The molecule has 38 heavy (non-hydrogen) atoms. The summed E-state index contributed by atoms with van der Waals surface area (Å²) in [6.07, 6.45) is -2.45. The summed E-state index contributed by atoms with van der Waals surface area (Å²) in [6.45, 7) is 2.42. The number of alkyl halides is 3. The first-order chi connectivity index (χ1) is 18.0. The smallest absolute Gasteiger partial charge is 0.305 e. The van der Waals surface area contributed by atoms with Crippen LogP contribution in [-0.2, 0) is 12.7 Å². The minimum Gasteiger partial charge on any atom is -0.305 e. The van der Waals surface area contributed by atoms with Crippen molar-refractivity contribution >= 4 is 40.0 Å². The van der Waals surface area contributed by atoms with E-state index in [0.29, 0.717) is 28.9 Å². The normalized spacial score (nSPS) is 13.1. The van der Waals surface area contributed by atoms with Gasteiger partial charge in [0.25, 0.3) is 0 Å². The molecule has 0 bridgehead atoms. The maximum absolute atomic E-state index is 14.2. The maximum Gasteiger partial charge on any atom is 0.416 e. The molecule has 0 saturated heterocycles. The van der Waals surface area contributed by atoms with E-state index in [1.807, 2.05) is 25.9 Å². The first-order valence-corrected chi connectivity index (χ1v) is 12.1. The zero-order valence-corrected chi connectivity index (χ0v) is 21.1. The van der Waals surface area contributed by atoms with E-state index in [1.54, 1.807) is 4.68 Å². The lowest BCUT2D eigenvalue weighted by atomic mass is 10.2. The van der Waals surface area contributed by atoms with Crippen LogP contribution in [-0.4, -0.2) is 66.1 Å². The number of aromatic nitrogens is 7. The third kappa shape index (κ3) is 4.84. The molecule has 1 unspecified atom stereocenters. The number of tetrazole rings is 1.